The predicted molar refractivity (Wildman–Crippen MR) is 66.9 cm³/mol. The second-order valence-electron chi connectivity index (χ2n) is 3.24. The van der Waals surface area contributed by atoms with E-state index in [1.807, 2.05) is 36.9 Å². The van der Waals surface area contributed by atoms with E-state index in [4.69, 9.17) is 0 Å². The van der Waals surface area contributed by atoms with Crippen molar-refractivity contribution in [3.63, 3.8) is 0 Å². The molecule has 0 N–H and O–H groups in total. The van der Waals surface area contributed by atoms with E-state index in [1.54, 1.807) is 12.1 Å². The van der Waals surface area contributed by atoms with E-state index in [0.717, 1.165) is 13.1 Å². The fraction of sp³-hybridized carbons (Fsp3) is 0.333. The molecule has 0 atom stereocenters. The Hall–Kier alpha value is -1.12. The molecule has 16 heavy (non-hydrogen) atoms. The Morgan fingerprint density at radius 1 is 1.25 bits per heavy atom. The van der Waals surface area contributed by atoms with E-state index in [-0.39, 0.29) is 5.91 Å². The van der Waals surface area contributed by atoms with Crippen molar-refractivity contribution in [1.29, 1.82) is 0 Å². The van der Waals surface area contributed by atoms with Crippen molar-refractivity contribution in [2.24, 2.45) is 4.99 Å². The second-order valence-corrected chi connectivity index (χ2v) is 4.00. The van der Waals surface area contributed by atoms with Crippen molar-refractivity contribution in [2.45, 2.75) is 13.8 Å². The summed E-state index contributed by atoms with van der Waals surface area (Å²) in [4.78, 5) is 17.8. The third-order valence-corrected chi connectivity index (χ3v) is 2.99. The molecule has 0 aliphatic heterocycles. The van der Waals surface area contributed by atoms with Gasteiger partial charge in [0.1, 0.15) is 0 Å². The van der Waals surface area contributed by atoms with Crippen molar-refractivity contribution >= 4 is 26.7 Å². The Balaban J connectivity index is 2.80. The number of carbonyl (C=O) groups excluding carboxylic acids is 1. The summed E-state index contributed by atoms with van der Waals surface area (Å²) in [7, 11) is 0. The average Bonchev–Trinajstić information content (AvgIpc) is 2.31. The van der Waals surface area contributed by atoms with Gasteiger partial charge in [0, 0.05) is 0 Å². The van der Waals surface area contributed by atoms with Gasteiger partial charge in [-0.05, 0) is 0 Å². The molecular weight excluding hydrogens is 267 g/mol. The molecule has 0 aliphatic rings. The summed E-state index contributed by atoms with van der Waals surface area (Å²) in [5.41, 5.74) is 0.613. The zero-order valence-corrected chi connectivity index (χ0v) is 11.2. The molecule has 0 heterocycles. The second kappa shape index (κ2) is 6.46. The van der Waals surface area contributed by atoms with Crippen LogP contribution in [0.3, 0.4) is 0 Å². The van der Waals surface area contributed by atoms with E-state index in [9.17, 15) is 4.79 Å². The van der Waals surface area contributed by atoms with Gasteiger partial charge in [-0.15, -0.1) is 0 Å². The first kappa shape index (κ1) is 12.9. The first-order valence-electron chi connectivity index (χ1n) is 5.29. The third-order valence-electron chi connectivity index (χ3n) is 2.25. The molecule has 1 rings (SSSR count). The maximum absolute atomic E-state index is 11.8. The van der Waals surface area contributed by atoms with Crippen molar-refractivity contribution in [3.05, 3.63) is 35.9 Å². The number of nitrogens with zero attached hydrogens (tertiary/aromatic N) is 2. The summed E-state index contributed by atoms with van der Waals surface area (Å²) in [5, 5.41) is 0. The van der Waals surface area contributed by atoms with Gasteiger partial charge in [-0.1, -0.05) is 0 Å². The van der Waals surface area contributed by atoms with Gasteiger partial charge in [-0.3, -0.25) is 0 Å². The van der Waals surface area contributed by atoms with E-state index in [0.29, 0.717) is 10.3 Å². The summed E-state index contributed by atoms with van der Waals surface area (Å²) >= 11 is 2.83. The van der Waals surface area contributed by atoms with Crippen LogP contribution in [0.4, 0.5) is 0 Å². The number of rotatable bonds is 3. The van der Waals surface area contributed by atoms with Crippen molar-refractivity contribution in [1.82, 2.24) is 4.90 Å². The van der Waals surface area contributed by atoms with Crippen molar-refractivity contribution < 1.29 is 4.79 Å². The first-order valence-corrected chi connectivity index (χ1v) is 6.14. The predicted octanol–water partition coefficient (Wildman–Crippen LogP) is 1.69. The Bertz CT molecular complexity index is 372. The summed E-state index contributed by atoms with van der Waals surface area (Å²) < 4.78 is 0.652. The van der Waals surface area contributed by atoms with Crippen LogP contribution in [0.25, 0.3) is 0 Å². The van der Waals surface area contributed by atoms with Crippen molar-refractivity contribution in [2.75, 3.05) is 13.1 Å². The molecule has 1 aromatic carbocycles. The van der Waals surface area contributed by atoms with Gasteiger partial charge in [0.2, 0.25) is 0 Å². The fourth-order valence-electron chi connectivity index (χ4n) is 1.30. The molecule has 1 amide bonds. The molecule has 4 heteroatoms. The van der Waals surface area contributed by atoms with Crippen LogP contribution in [0, 0.1) is 0 Å². The van der Waals surface area contributed by atoms with E-state index < -0.39 is 0 Å². The fourth-order valence-corrected chi connectivity index (χ4v) is 2.01. The number of benzene rings is 1. The van der Waals surface area contributed by atoms with Crippen LogP contribution in [0.2, 0.25) is 0 Å². The number of carbonyl (C=O) groups is 1. The summed E-state index contributed by atoms with van der Waals surface area (Å²) in [5.74, 6) is -0.207. The minimum absolute atomic E-state index is 0.207. The number of amidine groups is 1. The minimum atomic E-state index is -0.207. The summed E-state index contributed by atoms with van der Waals surface area (Å²) in [6.07, 6.45) is 0. The van der Waals surface area contributed by atoms with Crippen LogP contribution in [0.1, 0.15) is 24.2 Å². The van der Waals surface area contributed by atoms with Crippen LogP contribution in [-0.2, 0) is 0 Å². The quantitative estimate of drug-likeness (QED) is 0.480. The molecule has 0 saturated heterocycles. The summed E-state index contributed by atoms with van der Waals surface area (Å²) in [6, 6.07) is 9.07. The molecule has 0 unspecified atom stereocenters. The topological polar surface area (TPSA) is 32.7 Å². The van der Waals surface area contributed by atoms with Gasteiger partial charge in [0.05, 0.1) is 0 Å². The molecule has 0 saturated carbocycles. The van der Waals surface area contributed by atoms with Crippen LogP contribution in [-0.4, -0.2) is 44.6 Å². The third kappa shape index (κ3) is 3.47. The van der Waals surface area contributed by atoms with Crippen molar-refractivity contribution in [3.8, 4) is 0 Å². The Labute approximate surface area is 104 Å². The molecule has 1 radical (unpaired) electrons. The number of hydrogen-bond acceptors (Lipinski definition) is 1. The summed E-state index contributed by atoms with van der Waals surface area (Å²) in [6.45, 7) is 5.74. The normalized spacial score (nSPS) is 11.2. The molecule has 0 aromatic heterocycles. The van der Waals surface area contributed by atoms with Gasteiger partial charge in [0.15, 0.2) is 0 Å². The molecule has 0 aliphatic carbocycles. The first-order chi connectivity index (χ1) is 7.69. The zero-order valence-electron chi connectivity index (χ0n) is 9.51. The molecule has 0 spiro atoms. The van der Waals surface area contributed by atoms with Gasteiger partial charge in [-0.2, -0.15) is 0 Å². The molecule has 0 fully saturated rings. The average molecular weight is 282 g/mol. The van der Waals surface area contributed by atoms with Crippen LogP contribution in [0.5, 0.6) is 0 Å². The van der Waals surface area contributed by atoms with Gasteiger partial charge < -0.3 is 0 Å². The molecule has 3 nitrogen and oxygen atoms in total. The van der Waals surface area contributed by atoms with E-state index in [2.05, 4.69) is 21.0 Å². The van der Waals surface area contributed by atoms with E-state index in [1.165, 1.54) is 0 Å². The standard InChI is InChI=1S/C12H15N2OSe/c1-3-14(4-2)12(16)13-11(15)10-8-6-5-7-9-10/h5-9H,3-4H2,1-2H3. The van der Waals surface area contributed by atoms with Crippen LogP contribution >= 0.6 is 0 Å². The zero-order chi connectivity index (χ0) is 12.0. The van der Waals surface area contributed by atoms with E-state index >= 15 is 0 Å². The number of amides is 1. The molecule has 0 bridgehead atoms. The van der Waals surface area contributed by atoms with Gasteiger partial charge in [0.25, 0.3) is 0 Å². The molecular formula is C12H15N2OSe. The Morgan fingerprint density at radius 2 is 1.81 bits per heavy atom. The SMILES string of the molecule is CCN(CC)C([Se])=NC(=O)c1ccccc1. The van der Waals surface area contributed by atoms with Crippen LogP contribution in [0.15, 0.2) is 35.3 Å². The Morgan fingerprint density at radius 3 is 2.31 bits per heavy atom. The monoisotopic (exact) mass is 283 g/mol. The Kier molecular flexibility index (Phi) is 5.23. The number of aliphatic imine (C=N–C) groups is 1. The van der Waals surface area contributed by atoms with Gasteiger partial charge in [-0.25, -0.2) is 0 Å². The molecule has 85 valence electrons. The maximum atomic E-state index is 11.8. The number of hydrogen-bond donors (Lipinski definition) is 0. The molecule has 1 aromatic rings. The van der Waals surface area contributed by atoms with Crippen LogP contribution < -0.4 is 0 Å². The van der Waals surface area contributed by atoms with Gasteiger partial charge >= 0.3 is 104 Å².